The Morgan fingerprint density at radius 2 is 1.34 bits per heavy atom. The average Bonchev–Trinajstić information content (AvgIpc) is 3.24. The molecule has 1 unspecified atom stereocenters. The van der Waals surface area contributed by atoms with Gasteiger partial charge in [-0.05, 0) is 25.0 Å². The van der Waals surface area contributed by atoms with E-state index in [0.29, 0.717) is 37.3 Å². The zero-order valence-corrected chi connectivity index (χ0v) is 24.5. The molecule has 0 fully saturated rings. The van der Waals surface area contributed by atoms with E-state index in [1.165, 1.54) is 22.0 Å². The molecule has 3 heterocycles. The molecule has 2 amide bonds. The molecule has 2 aliphatic rings. The summed E-state index contributed by atoms with van der Waals surface area (Å²) < 4.78 is 0. The molecule has 0 saturated heterocycles. The molecular formula is C28H38N6O10. The average molecular weight is 619 g/mol. The maximum Gasteiger partial charge on any atom is 0.321 e. The molecule has 1 aromatic rings. The smallest absolute Gasteiger partial charge is 0.321 e. The van der Waals surface area contributed by atoms with Crippen molar-refractivity contribution in [2.75, 3.05) is 64.3 Å². The summed E-state index contributed by atoms with van der Waals surface area (Å²) >= 11 is 0. The van der Waals surface area contributed by atoms with Crippen molar-refractivity contribution in [1.82, 2.24) is 24.6 Å². The summed E-state index contributed by atoms with van der Waals surface area (Å²) in [6, 6.07) is 2.21. The lowest BCUT2D eigenvalue weighted by molar-refractivity contribution is -0.150. The Morgan fingerprint density at radius 3 is 1.80 bits per heavy atom. The van der Waals surface area contributed by atoms with Gasteiger partial charge in [-0.15, -0.1) is 0 Å². The van der Waals surface area contributed by atoms with Crippen LogP contribution in [0, 0.1) is 0 Å². The second kappa shape index (κ2) is 15.9. The summed E-state index contributed by atoms with van der Waals surface area (Å²) in [6.07, 6.45) is 3.06. The molecule has 2 aliphatic heterocycles. The molecule has 44 heavy (non-hydrogen) atoms. The maximum atomic E-state index is 12.0. The fourth-order valence-corrected chi connectivity index (χ4v) is 5.18. The minimum Gasteiger partial charge on any atom is -0.481 e. The molecule has 16 nitrogen and oxygen atoms in total. The Morgan fingerprint density at radius 1 is 0.818 bits per heavy atom. The van der Waals surface area contributed by atoms with E-state index in [9.17, 15) is 49.2 Å². The van der Waals surface area contributed by atoms with Crippen molar-refractivity contribution >= 4 is 41.4 Å². The highest BCUT2D eigenvalue weighted by Gasteiger charge is 2.30. The van der Waals surface area contributed by atoms with Crippen molar-refractivity contribution in [3.05, 3.63) is 35.7 Å². The number of carbonyl (C=O) groups is 6. The van der Waals surface area contributed by atoms with Gasteiger partial charge in [-0.3, -0.25) is 53.4 Å². The molecule has 0 aliphatic carbocycles. The van der Waals surface area contributed by atoms with E-state index < -0.39 is 36.3 Å². The number of carbonyl (C=O) groups excluding carboxylic acids is 2. The van der Waals surface area contributed by atoms with E-state index in [-0.39, 0.29) is 64.2 Å². The predicted octanol–water partition coefficient (Wildman–Crippen LogP) is -0.760. The molecule has 2 bridgehead atoms. The van der Waals surface area contributed by atoms with Crippen molar-refractivity contribution in [1.29, 1.82) is 0 Å². The van der Waals surface area contributed by atoms with E-state index >= 15 is 0 Å². The van der Waals surface area contributed by atoms with Crippen molar-refractivity contribution in [2.45, 2.75) is 38.4 Å². The third kappa shape index (κ3) is 10.4. The molecule has 0 spiro atoms. The number of hydrogen-bond acceptors (Lipinski definition) is 11. The lowest BCUT2D eigenvalue weighted by Gasteiger charge is -2.33. The fraction of sp³-hybridized carbons (Fsp3) is 0.536. The number of carboxylic acids is 4. The van der Waals surface area contributed by atoms with E-state index in [1.807, 2.05) is 11.9 Å². The summed E-state index contributed by atoms with van der Waals surface area (Å²) in [5.41, 5.74) is 1.80. The van der Waals surface area contributed by atoms with Crippen LogP contribution < -0.4 is 4.90 Å². The van der Waals surface area contributed by atoms with Gasteiger partial charge in [-0.1, -0.05) is 0 Å². The maximum absolute atomic E-state index is 12.0. The highest BCUT2D eigenvalue weighted by atomic mass is 16.4. The lowest BCUT2D eigenvalue weighted by Crippen LogP contribution is -2.49. The van der Waals surface area contributed by atoms with Crippen LogP contribution in [0.3, 0.4) is 0 Å². The zero-order valence-electron chi connectivity index (χ0n) is 24.5. The Bertz CT molecular complexity index is 1220. The normalized spacial score (nSPS) is 17.6. The number of aromatic nitrogens is 1. The van der Waals surface area contributed by atoms with Crippen LogP contribution in [0.4, 0.5) is 5.69 Å². The molecule has 3 rings (SSSR count). The first-order valence-electron chi connectivity index (χ1n) is 14.1. The largest absolute Gasteiger partial charge is 0.481 e. The third-order valence-corrected chi connectivity index (χ3v) is 7.37. The molecule has 0 aromatic carbocycles. The molecule has 240 valence electrons. The van der Waals surface area contributed by atoms with Gasteiger partial charge in [0, 0.05) is 77.2 Å². The van der Waals surface area contributed by atoms with Crippen LogP contribution in [0.2, 0.25) is 0 Å². The number of pyridine rings is 1. The van der Waals surface area contributed by atoms with Crippen LogP contribution in [-0.4, -0.2) is 146 Å². The van der Waals surface area contributed by atoms with Gasteiger partial charge in [0.05, 0.1) is 30.9 Å². The Labute approximate surface area is 253 Å². The minimum atomic E-state index is -1.39. The zero-order chi connectivity index (χ0) is 32.4. The van der Waals surface area contributed by atoms with E-state index in [2.05, 4.69) is 4.98 Å². The number of hydrogen-bond donors (Lipinski definition) is 4. The van der Waals surface area contributed by atoms with Gasteiger partial charge >= 0.3 is 23.9 Å². The van der Waals surface area contributed by atoms with E-state index in [4.69, 9.17) is 0 Å². The van der Waals surface area contributed by atoms with Crippen LogP contribution in [0.5, 0.6) is 0 Å². The highest BCUT2D eigenvalue weighted by molar-refractivity contribution is 6.12. The van der Waals surface area contributed by atoms with Crippen LogP contribution in [0.1, 0.15) is 30.7 Å². The second-order valence-corrected chi connectivity index (χ2v) is 10.8. The van der Waals surface area contributed by atoms with Crippen molar-refractivity contribution in [2.24, 2.45) is 0 Å². The van der Waals surface area contributed by atoms with Crippen LogP contribution in [0.25, 0.3) is 0 Å². The van der Waals surface area contributed by atoms with Gasteiger partial charge < -0.3 is 25.3 Å². The molecular weight excluding hydrogens is 580 g/mol. The van der Waals surface area contributed by atoms with E-state index in [0.717, 1.165) is 5.69 Å². The van der Waals surface area contributed by atoms with E-state index in [1.54, 1.807) is 21.9 Å². The van der Waals surface area contributed by atoms with Gasteiger partial charge in [-0.25, -0.2) is 0 Å². The van der Waals surface area contributed by atoms with Gasteiger partial charge in [0.1, 0.15) is 6.04 Å². The number of amides is 2. The van der Waals surface area contributed by atoms with Crippen LogP contribution >= 0.6 is 0 Å². The van der Waals surface area contributed by atoms with Gasteiger partial charge in [-0.2, -0.15) is 0 Å². The topological polar surface area (TPSA) is 212 Å². The number of rotatable bonds is 14. The molecule has 16 heteroatoms. The summed E-state index contributed by atoms with van der Waals surface area (Å²) in [5.74, 6) is -5.52. The summed E-state index contributed by atoms with van der Waals surface area (Å²) in [5, 5.41) is 38.1. The first-order chi connectivity index (χ1) is 20.8. The van der Waals surface area contributed by atoms with Crippen LogP contribution in [-0.2, 0) is 41.9 Å². The first-order valence-corrected chi connectivity index (χ1v) is 14.1. The summed E-state index contributed by atoms with van der Waals surface area (Å²) in [7, 11) is 1.86. The monoisotopic (exact) mass is 618 g/mol. The lowest BCUT2D eigenvalue weighted by atomic mass is 10.1. The molecule has 0 radical (unpaired) electrons. The Balaban J connectivity index is 1.84. The number of anilines is 1. The summed E-state index contributed by atoms with van der Waals surface area (Å²) in [6.45, 7) is 0.567. The Hall–Kier alpha value is -4.41. The molecule has 1 aromatic heterocycles. The second-order valence-electron chi connectivity index (χ2n) is 10.8. The summed E-state index contributed by atoms with van der Waals surface area (Å²) in [4.78, 5) is 82.7. The third-order valence-electron chi connectivity index (χ3n) is 7.37. The van der Waals surface area contributed by atoms with Crippen molar-refractivity contribution in [3.63, 3.8) is 0 Å². The number of fused-ring (bicyclic) bond motifs is 2. The molecule has 0 saturated carbocycles. The van der Waals surface area contributed by atoms with Gasteiger partial charge in [0.25, 0.3) is 11.8 Å². The van der Waals surface area contributed by atoms with Crippen molar-refractivity contribution < 1.29 is 49.2 Å². The van der Waals surface area contributed by atoms with Crippen molar-refractivity contribution in [3.8, 4) is 0 Å². The molecule has 4 N–H and O–H groups in total. The Kier molecular flexibility index (Phi) is 12.3. The first kappa shape index (κ1) is 34.1. The van der Waals surface area contributed by atoms with Gasteiger partial charge in [0.2, 0.25) is 0 Å². The number of unbranched alkanes of at least 4 members (excludes halogenated alkanes) is 1. The molecule has 1 atom stereocenters. The fourth-order valence-electron chi connectivity index (χ4n) is 5.18. The number of nitrogens with zero attached hydrogens (tertiary/aromatic N) is 6. The number of imide groups is 1. The quantitative estimate of drug-likeness (QED) is 0.149. The standard InChI is InChI=1S/C28H38N6O10/c1-30(6-2-3-7-34-23(35)4-5-24(34)36)21-12-19-15-31(17-26(39)40)8-10-33(22(28(43)44)14-25(37)38)11-9-32(18-27(41)42)16-20(13-21)29-19/h4-5,12-13,22H,2-3,6-11,14-18H2,1H3,(H,37,38)(H,39,40)(H,41,42)(H,43,44). The highest BCUT2D eigenvalue weighted by Crippen LogP contribution is 2.20. The number of carboxylic acid groups (broad SMARTS) is 4. The van der Waals surface area contributed by atoms with Gasteiger partial charge in [0.15, 0.2) is 0 Å². The minimum absolute atomic E-state index is 0.0302. The predicted molar refractivity (Wildman–Crippen MR) is 154 cm³/mol. The van der Waals surface area contributed by atoms with Crippen LogP contribution in [0.15, 0.2) is 24.3 Å². The SMILES string of the molecule is CN(CCCCN1C(=O)C=CC1=O)c1cc2nc(c1)CN(CC(=O)O)CCN(C(CC(=O)O)C(=O)O)CCN(CC(=O)O)C2. The number of aliphatic carboxylic acids is 4.